The van der Waals surface area contributed by atoms with Gasteiger partial charge in [0.05, 0.1) is 5.75 Å². The van der Waals surface area contributed by atoms with Crippen molar-refractivity contribution in [1.82, 2.24) is 9.62 Å². The summed E-state index contributed by atoms with van der Waals surface area (Å²) in [6.07, 6.45) is 8.89. The molecule has 0 saturated carbocycles. The molecule has 0 bridgehead atoms. The minimum Gasteiger partial charge on any atom is -0.307 e. The molecule has 0 radical (unpaired) electrons. The van der Waals surface area contributed by atoms with Crippen LogP contribution in [0.2, 0.25) is 0 Å². The average molecular weight is 483 g/mol. The third-order valence-corrected chi connectivity index (χ3v) is 8.24. The number of hydrogen-bond donors (Lipinski definition) is 3. The topological polar surface area (TPSA) is 139 Å². The van der Waals surface area contributed by atoms with Crippen LogP contribution in [0.5, 0.6) is 0 Å². The van der Waals surface area contributed by atoms with Crippen LogP contribution in [0.15, 0.2) is 17.6 Å². The van der Waals surface area contributed by atoms with Crippen LogP contribution in [0.4, 0.5) is 10.5 Å². The van der Waals surface area contributed by atoms with Crippen molar-refractivity contribution >= 4 is 31.8 Å². The van der Waals surface area contributed by atoms with E-state index in [-0.39, 0.29) is 18.3 Å². The van der Waals surface area contributed by atoms with Crippen molar-refractivity contribution in [2.45, 2.75) is 57.4 Å². The maximum absolute atomic E-state index is 12.6. The Morgan fingerprint density at radius 2 is 1.72 bits per heavy atom. The van der Waals surface area contributed by atoms with Crippen molar-refractivity contribution in [2.75, 3.05) is 24.2 Å². The molecule has 2 amide bonds. The van der Waals surface area contributed by atoms with Crippen molar-refractivity contribution in [1.29, 1.82) is 0 Å². The second-order valence-corrected chi connectivity index (χ2v) is 12.1. The quantitative estimate of drug-likeness (QED) is 0.537. The third kappa shape index (κ3) is 5.51. The first-order valence-corrected chi connectivity index (χ1v) is 14.3. The molecule has 32 heavy (non-hydrogen) atoms. The fraction of sp³-hybridized carbons (Fsp3) is 0.571. The van der Waals surface area contributed by atoms with Gasteiger partial charge in [0, 0.05) is 23.7 Å². The number of nitrogens with zero attached hydrogens (tertiary/aromatic N) is 1. The first kappa shape index (κ1) is 23.2. The summed E-state index contributed by atoms with van der Waals surface area (Å²) in [5.74, 6) is -0.184. The highest BCUT2D eigenvalue weighted by molar-refractivity contribution is 7.92. The van der Waals surface area contributed by atoms with E-state index in [9.17, 15) is 21.6 Å². The summed E-state index contributed by atoms with van der Waals surface area (Å²) in [4.78, 5) is 14.5. The van der Waals surface area contributed by atoms with Crippen molar-refractivity contribution in [3.8, 4) is 0 Å². The van der Waals surface area contributed by atoms with E-state index in [4.69, 9.17) is 5.14 Å². The van der Waals surface area contributed by atoms with Crippen LogP contribution in [0.25, 0.3) is 0 Å². The van der Waals surface area contributed by atoms with E-state index in [2.05, 4.69) is 16.1 Å². The van der Waals surface area contributed by atoms with Gasteiger partial charge in [-0.05, 0) is 80.2 Å². The van der Waals surface area contributed by atoms with Crippen molar-refractivity contribution in [2.24, 2.45) is 5.14 Å². The second-order valence-electron chi connectivity index (χ2n) is 8.78. The zero-order valence-electron chi connectivity index (χ0n) is 18.0. The summed E-state index contributed by atoms with van der Waals surface area (Å²) in [6.45, 7) is 0.911. The molecule has 3 aliphatic rings. The fourth-order valence-electron chi connectivity index (χ4n) is 5.06. The minimum absolute atomic E-state index is 0.184. The Labute approximate surface area is 189 Å². The first-order valence-electron chi connectivity index (χ1n) is 11.0. The Bertz CT molecular complexity index is 1110. The van der Waals surface area contributed by atoms with E-state index in [0.717, 1.165) is 67.2 Å². The second kappa shape index (κ2) is 9.12. The minimum atomic E-state index is -4.00. The van der Waals surface area contributed by atoms with Crippen molar-refractivity contribution < 1.29 is 21.6 Å². The summed E-state index contributed by atoms with van der Waals surface area (Å²) in [6, 6.07) is 1.27. The molecule has 0 spiro atoms. The van der Waals surface area contributed by atoms with E-state index in [1.807, 2.05) is 4.90 Å². The molecule has 1 aromatic carbocycles. The van der Waals surface area contributed by atoms with Gasteiger partial charge < -0.3 is 5.32 Å². The largest absolute Gasteiger partial charge is 0.333 e. The number of anilines is 1. The number of amides is 2. The molecule has 2 aliphatic carbocycles. The molecule has 1 fully saturated rings. The summed E-state index contributed by atoms with van der Waals surface area (Å²) < 4.78 is 49.5. The Morgan fingerprint density at radius 1 is 1.06 bits per heavy atom. The predicted octanol–water partition coefficient (Wildman–Crippen LogP) is 1.38. The van der Waals surface area contributed by atoms with Crippen molar-refractivity contribution in [3.05, 3.63) is 39.8 Å². The number of benzene rings is 1. The summed E-state index contributed by atoms with van der Waals surface area (Å²) >= 11 is 0. The number of urea groups is 1. The molecular formula is C21H30N4O5S2. The van der Waals surface area contributed by atoms with E-state index in [0.29, 0.717) is 13.0 Å². The van der Waals surface area contributed by atoms with Crippen LogP contribution in [0, 0.1) is 0 Å². The number of fused-ring (bicyclic) bond motifs is 2. The van der Waals surface area contributed by atoms with Crippen LogP contribution in [-0.2, 0) is 45.7 Å². The molecule has 1 saturated heterocycles. The van der Waals surface area contributed by atoms with Gasteiger partial charge in [0.25, 0.3) is 10.0 Å². The van der Waals surface area contributed by atoms with Gasteiger partial charge in [0.15, 0.2) is 0 Å². The number of rotatable bonds is 7. The maximum atomic E-state index is 12.6. The van der Waals surface area contributed by atoms with Crippen LogP contribution in [0.3, 0.4) is 0 Å². The molecule has 4 N–H and O–H groups in total. The monoisotopic (exact) mass is 482 g/mol. The highest BCUT2D eigenvalue weighted by Gasteiger charge is 2.26. The summed E-state index contributed by atoms with van der Waals surface area (Å²) in [5.41, 5.74) is 5.55. The number of nitrogens with one attached hydrogen (secondary N) is 2. The summed E-state index contributed by atoms with van der Waals surface area (Å²) in [5, 5.41) is 8.88. The van der Waals surface area contributed by atoms with Gasteiger partial charge in [-0.15, -0.1) is 0 Å². The number of carbonyl (C=O) groups excluding carboxylic acids is 1. The Morgan fingerprint density at radius 3 is 2.34 bits per heavy atom. The lowest BCUT2D eigenvalue weighted by Gasteiger charge is -2.21. The highest BCUT2D eigenvalue weighted by Crippen LogP contribution is 2.38. The molecular weight excluding hydrogens is 452 g/mol. The smallest absolute Gasteiger partial charge is 0.307 e. The third-order valence-electron chi connectivity index (χ3n) is 6.50. The number of sulfonamides is 2. The number of primary sulfonamides is 1. The van der Waals surface area contributed by atoms with Gasteiger partial charge in [-0.1, -0.05) is 12.1 Å². The van der Waals surface area contributed by atoms with Gasteiger partial charge >= 0.3 is 6.03 Å². The predicted molar refractivity (Wildman–Crippen MR) is 123 cm³/mol. The van der Waals surface area contributed by atoms with E-state index in [1.165, 1.54) is 17.2 Å². The lowest BCUT2D eigenvalue weighted by molar-refractivity contribution is 0.256. The maximum Gasteiger partial charge on any atom is 0.333 e. The molecule has 9 nitrogen and oxygen atoms in total. The first-order chi connectivity index (χ1) is 15.1. The lowest BCUT2D eigenvalue weighted by Crippen LogP contribution is -2.36. The zero-order valence-corrected chi connectivity index (χ0v) is 19.6. The highest BCUT2D eigenvalue weighted by atomic mass is 32.2. The number of nitrogens with two attached hydrogens (primary N) is 1. The average Bonchev–Trinajstić information content (AvgIpc) is 3.43. The summed E-state index contributed by atoms with van der Waals surface area (Å²) in [7, 11) is -7.58. The molecule has 1 atom stereocenters. The standard InChI is InChI=1S/C21H30N4O5S2/c22-31(27,28)13-11-25-10-3-6-17(25)9-12-32(29,30)24-21(26)23-20-18-7-1-4-15(18)14-16-5-2-8-19(16)20/h9,12,14,17H,1-8,10-11,13H2,(H2,22,27,28)(H2,23,24,26)/b12-9+/t17-/m1/s1. The van der Waals surface area contributed by atoms with Crippen LogP contribution < -0.4 is 15.2 Å². The van der Waals surface area contributed by atoms with Crippen LogP contribution in [0.1, 0.15) is 47.9 Å². The van der Waals surface area contributed by atoms with Crippen LogP contribution >= 0.6 is 0 Å². The molecule has 0 unspecified atom stereocenters. The molecule has 1 heterocycles. The molecule has 1 aliphatic heterocycles. The van der Waals surface area contributed by atoms with Gasteiger partial charge in [0.2, 0.25) is 10.0 Å². The molecule has 1 aromatic rings. The van der Waals surface area contributed by atoms with E-state index in [1.54, 1.807) is 0 Å². The SMILES string of the molecule is NS(=O)(=O)CCN1CCC[C@@H]1/C=C/S(=O)(=O)NC(=O)Nc1c2c(cc3c1CCC3)CCC2. The number of carbonyl (C=O) groups is 1. The number of likely N-dealkylation sites (tertiary alicyclic amines) is 1. The molecule has 11 heteroatoms. The Hall–Kier alpha value is -1.95. The lowest BCUT2D eigenvalue weighted by atomic mass is 9.99. The fourth-order valence-corrected chi connectivity index (χ4v) is 6.31. The Kier molecular flexibility index (Phi) is 6.62. The van der Waals surface area contributed by atoms with E-state index >= 15 is 0 Å². The Balaban J connectivity index is 1.41. The van der Waals surface area contributed by atoms with Gasteiger partial charge in [0.1, 0.15) is 0 Å². The molecule has 4 rings (SSSR count). The number of aryl methyl sites for hydroxylation is 2. The van der Waals surface area contributed by atoms with Gasteiger partial charge in [-0.25, -0.2) is 31.5 Å². The zero-order chi connectivity index (χ0) is 22.9. The van der Waals surface area contributed by atoms with Crippen molar-refractivity contribution in [3.63, 3.8) is 0 Å². The van der Waals surface area contributed by atoms with Crippen LogP contribution in [-0.4, -0.2) is 52.7 Å². The van der Waals surface area contributed by atoms with Gasteiger partial charge in [-0.2, -0.15) is 0 Å². The van der Waals surface area contributed by atoms with Gasteiger partial charge in [-0.3, -0.25) is 4.90 Å². The molecule has 0 aromatic heterocycles. The normalized spacial score (nSPS) is 21.1. The van der Waals surface area contributed by atoms with E-state index < -0.39 is 26.1 Å². The molecule has 176 valence electrons. The number of hydrogen-bond acceptors (Lipinski definition) is 6.